The second-order valence-corrected chi connectivity index (χ2v) is 22.5. The minimum Gasteiger partial charge on any atom is -0.394 e. The van der Waals surface area contributed by atoms with Gasteiger partial charge >= 0.3 is 0 Å². The summed E-state index contributed by atoms with van der Waals surface area (Å²) in [5.74, 6) is -8.59. The van der Waals surface area contributed by atoms with Gasteiger partial charge in [-0.05, 0) is 95.7 Å². The third-order valence-corrected chi connectivity index (χ3v) is 14.8. The van der Waals surface area contributed by atoms with Crippen LogP contribution in [-0.2, 0) is 53.2 Å². The fraction of sp³-hybridized carbons (Fsp3) is 0.596. The van der Waals surface area contributed by atoms with Crippen molar-refractivity contribution in [1.82, 2.24) is 46.8 Å². The molecule has 1 saturated heterocycles. The molecule has 0 radical (unpaired) electrons. The number of unbranched alkanes of at least 4 members (excludes halogenated alkanes) is 1. The molecule has 1 aliphatic rings. The maximum atomic E-state index is 14.4. The number of nitrogens with two attached hydrogens (primary N) is 6. The van der Waals surface area contributed by atoms with Crippen LogP contribution in [0.4, 0.5) is 5.69 Å². The third kappa shape index (κ3) is 22.7. The van der Waals surface area contributed by atoms with E-state index in [0.717, 1.165) is 5.69 Å². The monoisotopic (exact) mass is 1200 g/mol. The van der Waals surface area contributed by atoms with E-state index in [1.165, 1.54) is 17.9 Å². The largest absolute Gasteiger partial charge is 0.394 e. The average molecular weight is 1200 g/mol. The van der Waals surface area contributed by atoms with E-state index in [0.29, 0.717) is 30.0 Å². The zero-order chi connectivity index (χ0) is 62.8. The van der Waals surface area contributed by atoms with E-state index in [2.05, 4.69) is 51.9 Å². The number of hydrogen-bond donors (Lipinski definition) is 16. The van der Waals surface area contributed by atoms with E-state index < -0.39 is 131 Å². The van der Waals surface area contributed by atoms with Crippen LogP contribution in [0, 0.1) is 5.92 Å². The summed E-state index contributed by atoms with van der Waals surface area (Å²) in [6.07, 6.45) is 0.224. The summed E-state index contributed by atoms with van der Waals surface area (Å²) in [4.78, 5) is 131. The molecule has 8 atom stereocenters. The number of benzene rings is 2. The SMILES string of the molecule is CC(C)C[C@H](NS(=O)(=O)c1cccc2c(N(C)C)cccc12)C(=O)N1CCC[C@H]1C(=O)N[C@@H](CCCCN)C(=O)N[C@H](C(=O)NCC(=O)NCC(=O)N[C@@H](CO)C(=O)N[C@@H](CCCN=C(N)N)C(=O)N[C@@H](CCCN=C(N)N)C(N)=O)[C@@H](C)O. The number of guanidine groups is 2. The predicted molar refractivity (Wildman–Crippen MR) is 313 cm³/mol. The van der Waals surface area contributed by atoms with Crippen LogP contribution >= 0.6 is 0 Å². The van der Waals surface area contributed by atoms with Crippen molar-refractivity contribution in [3.05, 3.63) is 36.4 Å². The highest BCUT2D eigenvalue weighted by molar-refractivity contribution is 7.89. The summed E-state index contributed by atoms with van der Waals surface area (Å²) in [6, 6.07) is 0.560. The molecule has 0 aliphatic carbocycles. The Bertz CT molecular complexity index is 2770. The first-order chi connectivity index (χ1) is 39.6. The topological polar surface area (TPSA) is 512 Å². The number of primary amides is 1. The van der Waals surface area contributed by atoms with Crippen LogP contribution < -0.4 is 81.2 Å². The van der Waals surface area contributed by atoms with Crippen molar-refractivity contribution in [2.75, 3.05) is 64.9 Å². The Morgan fingerprint density at radius 2 is 1.24 bits per heavy atom. The first kappa shape index (κ1) is 70.3. The number of carbonyl (C=O) groups is 9. The van der Waals surface area contributed by atoms with Gasteiger partial charge in [0.05, 0.1) is 30.7 Å². The summed E-state index contributed by atoms with van der Waals surface area (Å²) in [5.41, 5.74) is 33.4. The molecule has 468 valence electrons. The fourth-order valence-electron chi connectivity index (χ4n) is 9.07. The molecule has 2 aromatic rings. The molecule has 1 heterocycles. The van der Waals surface area contributed by atoms with Crippen molar-refractivity contribution in [1.29, 1.82) is 0 Å². The second kappa shape index (κ2) is 34.6. The molecule has 3 rings (SSSR count). The summed E-state index contributed by atoms with van der Waals surface area (Å²) < 4.78 is 30.9. The quantitative estimate of drug-likeness (QED) is 0.0172. The smallest absolute Gasteiger partial charge is 0.245 e. The van der Waals surface area contributed by atoms with E-state index in [1.54, 1.807) is 24.3 Å². The second-order valence-electron chi connectivity index (χ2n) is 20.8. The highest BCUT2D eigenvalue weighted by Gasteiger charge is 2.41. The number of rotatable bonds is 36. The summed E-state index contributed by atoms with van der Waals surface area (Å²) in [6.45, 7) is 2.81. The molecular formula is C52H86N18O13S. The molecule has 9 amide bonds. The Morgan fingerprint density at radius 3 is 1.82 bits per heavy atom. The number of aliphatic imine (C=N–C) groups is 2. The summed E-state index contributed by atoms with van der Waals surface area (Å²) in [5, 5.41) is 38.5. The van der Waals surface area contributed by atoms with Crippen molar-refractivity contribution < 1.29 is 61.8 Å². The lowest BCUT2D eigenvalue weighted by molar-refractivity contribution is -0.141. The van der Waals surface area contributed by atoms with Crippen molar-refractivity contribution in [2.24, 2.45) is 50.3 Å². The van der Waals surface area contributed by atoms with Gasteiger partial charge in [-0.1, -0.05) is 38.1 Å². The van der Waals surface area contributed by atoms with Crippen LogP contribution in [0.5, 0.6) is 0 Å². The number of sulfonamides is 1. The molecule has 0 saturated carbocycles. The number of carbonyl (C=O) groups excluding carboxylic acids is 9. The molecule has 2 aromatic carbocycles. The Balaban J connectivity index is 1.66. The van der Waals surface area contributed by atoms with Crippen molar-refractivity contribution in [2.45, 2.75) is 138 Å². The van der Waals surface area contributed by atoms with Crippen LogP contribution in [0.15, 0.2) is 51.3 Å². The fourth-order valence-corrected chi connectivity index (χ4v) is 10.5. The van der Waals surface area contributed by atoms with Crippen LogP contribution in [-0.4, -0.2) is 197 Å². The lowest BCUT2D eigenvalue weighted by Gasteiger charge is -2.31. The number of aliphatic hydroxyl groups excluding tert-OH is 2. The van der Waals surface area contributed by atoms with Gasteiger partial charge < -0.3 is 91.6 Å². The molecule has 0 unspecified atom stereocenters. The summed E-state index contributed by atoms with van der Waals surface area (Å²) in [7, 11) is -0.643. The minimum absolute atomic E-state index is 0.0147. The van der Waals surface area contributed by atoms with Gasteiger partial charge in [0.1, 0.15) is 42.3 Å². The normalized spacial score (nSPS) is 15.6. The summed E-state index contributed by atoms with van der Waals surface area (Å²) >= 11 is 0. The number of anilines is 1. The van der Waals surface area contributed by atoms with Gasteiger partial charge in [0.2, 0.25) is 63.2 Å². The average Bonchev–Trinajstić information content (AvgIpc) is 4.09. The highest BCUT2D eigenvalue weighted by Crippen LogP contribution is 2.31. The number of nitrogens with zero attached hydrogens (tertiary/aromatic N) is 4. The molecule has 84 heavy (non-hydrogen) atoms. The number of amides is 9. The Hall–Kier alpha value is -7.94. The van der Waals surface area contributed by atoms with E-state index in [4.69, 9.17) is 34.4 Å². The number of hydrogen-bond acceptors (Lipinski definition) is 17. The highest BCUT2D eigenvalue weighted by atomic mass is 32.2. The van der Waals surface area contributed by atoms with Crippen LogP contribution in [0.25, 0.3) is 10.8 Å². The van der Waals surface area contributed by atoms with Gasteiger partial charge in [0.15, 0.2) is 11.9 Å². The molecule has 0 bridgehead atoms. The van der Waals surface area contributed by atoms with Gasteiger partial charge in [-0.2, -0.15) is 4.72 Å². The first-order valence-corrected chi connectivity index (χ1v) is 29.1. The molecule has 31 nitrogen and oxygen atoms in total. The Labute approximate surface area is 488 Å². The van der Waals surface area contributed by atoms with Gasteiger partial charge in [0.25, 0.3) is 0 Å². The van der Waals surface area contributed by atoms with E-state index in [-0.39, 0.29) is 93.9 Å². The maximum absolute atomic E-state index is 14.4. The molecular weight excluding hydrogens is 1120 g/mol. The van der Waals surface area contributed by atoms with Gasteiger partial charge in [0, 0.05) is 50.2 Å². The number of aliphatic hydroxyl groups is 2. The zero-order valence-corrected chi connectivity index (χ0v) is 49.0. The van der Waals surface area contributed by atoms with E-state index >= 15 is 0 Å². The van der Waals surface area contributed by atoms with Crippen molar-refractivity contribution in [3.8, 4) is 0 Å². The molecule has 1 fully saturated rings. The van der Waals surface area contributed by atoms with Crippen LogP contribution in [0.3, 0.4) is 0 Å². The number of fused-ring (bicyclic) bond motifs is 1. The van der Waals surface area contributed by atoms with Crippen LogP contribution in [0.2, 0.25) is 0 Å². The molecule has 1 aliphatic heterocycles. The van der Waals surface area contributed by atoms with Gasteiger partial charge in [-0.3, -0.25) is 53.1 Å². The Kier molecular flexibility index (Phi) is 29.0. The lowest BCUT2D eigenvalue weighted by atomic mass is 10.0. The molecule has 32 heteroatoms. The number of nitrogens with one attached hydrogen (secondary N) is 8. The van der Waals surface area contributed by atoms with Crippen LogP contribution in [0.1, 0.15) is 85.0 Å². The lowest BCUT2D eigenvalue weighted by Crippen LogP contribution is -2.60. The minimum atomic E-state index is -4.32. The van der Waals surface area contributed by atoms with Crippen molar-refractivity contribution >= 4 is 91.6 Å². The van der Waals surface area contributed by atoms with E-state index in [1.807, 2.05) is 38.9 Å². The van der Waals surface area contributed by atoms with Crippen molar-refractivity contribution in [3.63, 3.8) is 0 Å². The maximum Gasteiger partial charge on any atom is 0.245 e. The van der Waals surface area contributed by atoms with Gasteiger partial charge in [-0.25, -0.2) is 8.42 Å². The molecule has 0 spiro atoms. The Morgan fingerprint density at radius 1 is 0.679 bits per heavy atom. The van der Waals surface area contributed by atoms with Gasteiger partial charge in [-0.15, -0.1) is 0 Å². The molecule has 0 aromatic heterocycles. The standard InChI is InChI=1S/C52H86N18O13S/c1-29(2)25-36(68-84(82,83)40-20-9-13-31-32(40)14-8-18-38(31)69(4)5)50(81)70-24-12-19-39(70)48(79)66-34(15-6-7-21-53)46(77)67-43(30(3)72)49(80)62-26-41(73)61-27-42(74)63-37(28-71)47(78)65-35(17-11-23-60-52(57)58)45(76)64-33(44(54)75)16-10-22-59-51(55)56/h8-9,13-14,18,20,29-30,33-37,39,43,68,71-72H,6-7,10-12,15-17,19,21-28,53H2,1-5H3,(H2,54,75)(H,61,73)(H,62,80)(H,63,74)(H,64,76)(H,65,78)(H,66,79)(H,67,77)(H4,55,56,59)(H4,57,58,60)/t30-,33+,34+,35+,36+,37+,39+,43+/m1/s1. The number of likely N-dealkylation sites (tertiary alicyclic amines) is 1. The first-order valence-electron chi connectivity index (χ1n) is 27.6. The molecule has 22 N–H and O–H groups in total. The van der Waals surface area contributed by atoms with E-state index in [9.17, 15) is 61.8 Å². The predicted octanol–water partition coefficient (Wildman–Crippen LogP) is -5.66. The zero-order valence-electron chi connectivity index (χ0n) is 48.2. The third-order valence-electron chi connectivity index (χ3n) is 13.3.